The van der Waals surface area contributed by atoms with Gasteiger partial charge in [0.15, 0.2) is 0 Å². The number of hydrogen-bond donors (Lipinski definition) is 0. The largest absolute Gasteiger partial charge is 0.455 e. The zero-order chi connectivity index (χ0) is 55.7. The number of hydrogen-bond acceptors (Lipinski definition) is 2. The summed E-state index contributed by atoms with van der Waals surface area (Å²) in [5.74, 6) is 0. The first kappa shape index (κ1) is 10.2. The predicted octanol–water partition coefficient (Wildman–Crippen LogP) is 12.7. The minimum absolute atomic E-state index is 0.386. The minimum atomic E-state index is -1.22. The summed E-state index contributed by atoms with van der Waals surface area (Å²) in [7, 11) is 0. The molecular formula is C44H29NO. The van der Waals surface area contributed by atoms with E-state index in [9.17, 15) is 11.0 Å². The molecule has 1 aromatic heterocycles. The molecule has 0 saturated heterocycles. The molecule has 8 aromatic carbocycles. The third-order valence-corrected chi connectivity index (χ3v) is 6.94. The zero-order valence-corrected chi connectivity index (χ0v) is 22.9. The quantitative estimate of drug-likeness (QED) is 0.191. The van der Waals surface area contributed by atoms with Gasteiger partial charge >= 0.3 is 0 Å². The summed E-state index contributed by atoms with van der Waals surface area (Å²) in [6.07, 6.45) is 0. The van der Waals surface area contributed by atoms with Crippen molar-refractivity contribution in [1.29, 1.82) is 0 Å². The van der Waals surface area contributed by atoms with Crippen molar-refractivity contribution in [3.05, 3.63) is 175 Å². The first-order valence-electron chi connectivity index (χ1n) is 27.8. The fraction of sp³-hybridized carbons (Fsp3) is 0. The Morgan fingerprint density at radius 1 is 0.391 bits per heavy atom. The summed E-state index contributed by atoms with van der Waals surface area (Å²) < 4.78 is 263. The SMILES string of the molecule is [2H]c1c([2H])c([2H])c(N(c2c([2H])c([2H])c([2H])c([2H])c2[2H])c2c([2H])c([2H])c(-c3c([2H])c4c(oc5c([2H])c(-c6c([2H])c([2H])c([2H])c7c([2H])c([2H])c([2H])c([2H])c67)c([2H])c([2H])c54)c4c([2H])c([2H])c([2H])c([2H])c34)c([2H])c2[2H])c([2H])c1[2H]. The highest BCUT2D eigenvalue weighted by Gasteiger charge is 2.17. The van der Waals surface area contributed by atoms with Gasteiger partial charge in [-0.05, 0) is 92.8 Å². The second-order valence-electron chi connectivity index (χ2n) is 9.52. The normalized spacial score (nSPS) is 20.3. The third-order valence-electron chi connectivity index (χ3n) is 6.94. The highest BCUT2D eigenvalue weighted by atomic mass is 16.3. The van der Waals surface area contributed by atoms with E-state index in [0.29, 0.717) is 4.90 Å². The van der Waals surface area contributed by atoms with Crippen molar-refractivity contribution in [3.8, 4) is 22.3 Å². The maximum atomic E-state index is 9.79. The van der Waals surface area contributed by atoms with Gasteiger partial charge in [0.25, 0.3) is 0 Å². The number of fused-ring (bicyclic) bond motifs is 6. The van der Waals surface area contributed by atoms with Crippen LogP contribution in [0.4, 0.5) is 17.1 Å². The summed E-state index contributed by atoms with van der Waals surface area (Å²) >= 11 is 0. The Kier molecular flexibility index (Phi) is 2.39. The van der Waals surface area contributed by atoms with Gasteiger partial charge in [-0.1, -0.05) is 121 Å². The van der Waals surface area contributed by atoms with E-state index in [0.717, 1.165) is 0 Å². The van der Waals surface area contributed by atoms with Crippen molar-refractivity contribution < 1.29 is 44.2 Å². The topological polar surface area (TPSA) is 16.4 Å². The molecule has 0 aliphatic carbocycles. The van der Waals surface area contributed by atoms with E-state index in [-0.39, 0.29) is 0 Å². The van der Waals surface area contributed by atoms with Crippen LogP contribution in [0.5, 0.6) is 0 Å². The molecule has 0 spiro atoms. The Hall–Kier alpha value is -6.12. The molecule has 0 unspecified atom stereocenters. The van der Waals surface area contributed by atoms with Crippen LogP contribution in [0.15, 0.2) is 180 Å². The number of rotatable bonds is 5. The van der Waals surface area contributed by atoms with Crippen LogP contribution < -0.4 is 4.90 Å². The lowest BCUT2D eigenvalue weighted by atomic mass is 9.94. The molecule has 9 aromatic rings. The molecule has 0 N–H and O–H groups in total. The number of para-hydroxylation sites is 2. The van der Waals surface area contributed by atoms with Crippen LogP contribution in [0.1, 0.15) is 39.8 Å². The molecule has 0 radical (unpaired) electrons. The first-order chi connectivity index (χ1) is 34.9. The van der Waals surface area contributed by atoms with Gasteiger partial charge in [0.1, 0.15) is 11.2 Å². The van der Waals surface area contributed by atoms with Gasteiger partial charge in [-0.2, -0.15) is 0 Å². The standard InChI is InChI=1S/C44H29NO/c1-3-14-33(15-4-1)45(34-16-5-2-6-17-34)35-25-22-31(23-26-35)41-29-42-39-27-24-32(37-21-11-13-30-12-7-8-18-36(30)37)28-43(39)46-44(42)40-20-10-9-19-38(40)41/h1-29H/i1D,2D,3D,4D,5D,6D,7D,8D,9D,10D,11D,12D,13D,14D,15D,16D,17D,18D,19D,20D,21D,22D,23D,24D,25D,26D,27D,28D,29D. The Morgan fingerprint density at radius 3 is 1.72 bits per heavy atom. The molecule has 0 aliphatic heterocycles. The third kappa shape index (κ3) is 4.35. The molecule has 0 bridgehead atoms. The molecule has 9 rings (SSSR count). The molecule has 46 heavy (non-hydrogen) atoms. The molecule has 0 fully saturated rings. The molecule has 1 heterocycles. The highest BCUT2D eigenvalue weighted by molar-refractivity contribution is 6.19. The van der Waals surface area contributed by atoms with E-state index in [1.165, 1.54) is 0 Å². The second kappa shape index (κ2) is 10.8. The molecule has 0 atom stereocenters. The van der Waals surface area contributed by atoms with Gasteiger partial charge in [0.2, 0.25) is 0 Å². The molecule has 216 valence electrons. The molecule has 0 amide bonds. The first-order valence-corrected chi connectivity index (χ1v) is 13.3. The lowest BCUT2D eigenvalue weighted by Gasteiger charge is -2.25. The van der Waals surface area contributed by atoms with Crippen molar-refractivity contribution in [2.75, 3.05) is 4.90 Å². The average molecular weight is 617 g/mol. The van der Waals surface area contributed by atoms with Crippen molar-refractivity contribution in [2.24, 2.45) is 0 Å². The summed E-state index contributed by atoms with van der Waals surface area (Å²) in [5, 5.41) is -3.62. The van der Waals surface area contributed by atoms with E-state index in [1.807, 2.05) is 0 Å². The van der Waals surface area contributed by atoms with Gasteiger partial charge in [-0.3, -0.25) is 0 Å². The second-order valence-corrected chi connectivity index (χ2v) is 9.52. The van der Waals surface area contributed by atoms with Crippen LogP contribution in [0, 0.1) is 0 Å². The van der Waals surface area contributed by atoms with Gasteiger partial charge in [-0.15, -0.1) is 0 Å². The number of nitrogens with zero attached hydrogens (tertiary/aromatic N) is 1. The summed E-state index contributed by atoms with van der Waals surface area (Å²) in [6, 6.07) is -28.3. The van der Waals surface area contributed by atoms with Gasteiger partial charge in [0, 0.05) is 33.2 Å². The van der Waals surface area contributed by atoms with Gasteiger partial charge in [0.05, 0.1) is 39.8 Å². The Bertz CT molecular complexity index is 4020. The van der Waals surface area contributed by atoms with E-state index in [2.05, 4.69) is 0 Å². The fourth-order valence-electron chi connectivity index (χ4n) is 4.96. The van der Waals surface area contributed by atoms with Crippen molar-refractivity contribution >= 4 is 60.5 Å². The van der Waals surface area contributed by atoms with Crippen LogP contribution >= 0.6 is 0 Å². The maximum Gasteiger partial charge on any atom is 0.143 e. The molecule has 2 heteroatoms. The maximum absolute atomic E-state index is 9.79. The molecular weight excluding hydrogens is 558 g/mol. The zero-order valence-electron chi connectivity index (χ0n) is 51.9. The van der Waals surface area contributed by atoms with Crippen LogP contribution in [0.3, 0.4) is 0 Å². The Labute approximate surface area is 308 Å². The van der Waals surface area contributed by atoms with Crippen molar-refractivity contribution in [2.45, 2.75) is 0 Å². The Balaban J connectivity index is 1.47. The highest BCUT2D eigenvalue weighted by Crippen LogP contribution is 2.42. The van der Waals surface area contributed by atoms with Crippen LogP contribution in [0.2, 0.25) is 0 Å². The van der Waals surface area contributed by atoms with Crippen molar-refractivity contribution in [1.82, 2.24) is 0 Å². The molecule has 0 saturated carbocycles. The smallest absolute Gasteiger partial charge is 0.143 e. The lowest BCUT2D eigenvalue weighted by molar-refractivity contribution is 0.673. The van der Waals surface area contributed by atoms with E-state index in [1.54, 1.807) is 0 Å². The summed E-state index contributed by atoms with van der Waals surface area (Å²) in [4.78, 5) is 0.386. The van der Waals surface area contributed by atoms with E-state index >= 15 is 0 Å². The summed E-state index contributed by atoms with van der Waals surface area (Å²) in [6.45, 7) is 0. The van der Waals surface area contributed by atoms with Gasteiger partial charge < -0.3 is 9.32 Å². The van der Waals surface area contributed by atoms with Crippen LogP contribution in [0.25, 0.3) is 65.7 Å². The average Bonchev–Trinajstić information content (AvgIpc) is 3.79. The number of benzene rings is 8. The molecule has 2 nitrogen and oxygen atoms in total. The van der Waals surface area contributed by atoms with Crippen molar-refractivity contribution in [3.63, 3.8) is 0 Å². The van der Waals surface area contributed by atoms with Crippen LogP contribution in [-0.2, 0) is 0 Å². The van der Waals surface area contributed by atoms with E-state index in [4.69, 9.17) is 33.2 Å². The number of anilines is 3. The minimum Gasteiger partial charge on any atom is -0.455 e. The van der Waals surface area contributed by atoms with Crippen LogP contribution in [-0.4, -0.2) is 0 Å². The Morgan fingerprint density at radius 2 is 0.978 bits per heavy atom. The number of furan rings is 1. The monoisotopic (exact) mass is 616 g/mol. The fourth-order valence-corrected chi connectivity index (χ4v) is 4.96. The lowest BCUT2D eigenvalue weighted by Crippen LogP contribution is -2.09. The predicted molar refractivity (Wildman–Crippen MR) is 194 cm³/mol. The van der Waals surface area contributed by atoms with E-state index < -0.39 is 258 Å². The molecule has 0 aliphatic rings. The van der Waals surface area contributed by atoms with Gasteiger partial charge in [-0.25, -0.2) is 0 Å². The summed E-state index contributed by atoms with van der Waals surface area (Å²) in [5.41, 5.74) is -7.44.